The minimum absolute atomic E-state index is 0.252. The molecule has 1 aromatic heterocycles. The summed E-state index contributed by atoms with van der Waals surface area (Å²) in [5, 5.41) is 0. The molecule has 6 heteroatoms. The summed E-state index contributed by atoms with van der Waals surface area (Å²) in [5.74, 6) is 0. The third-order valence-corrected chi connectivity index (χ3v) is 1.78. The van der Waals surface area contributed by atoms with E-state index in [0.717, 1.165) is 0 Å². The Hall–Kier alpha value is -0.370. The predicted octanol–water partition coefficient (Wildman–Crippen LogP) is -3.08. The standard InChI is InChI=1S/C5HB4NS/c6-1-3(11)2(7)5(9)10-4(1)8/h(H,10,11). The second-order valence-electron chi connectivity index (χ2n) is 2.11. The van der Waals surface area contributed by atoms with Crippen LogP contribution in [-0.2, 0) is 0 Å². The zero-order chi connectivity index (χ0) is 8.59. The second-order valence-corrected chi connectivity index (χ2v) is 2.52. The maximum Gasteiger partial charge on any atom is 0.137 e. The average molecular weight is 150 g/mol. The lowest BCUT2D eigenvalue weighted by Gasteiger charge is -2.08. The number of pyridine rings is 1. The van der Waals surface area contributed by atoms with Crippen LogP contribution in [-0.4, -0.2) is 36.4 Å². The zero-order valence-corrected chi connectivity index (χ0v) is 6.53. The first-order valence-corrected chi connectivity index (χ1v) is 3.27. The minimum atomic E-state index is 0.252. The van der Waals surface area contributed by atoms with E-state index in [-0.39, 0.29) is 22.1 Å². The maximum atomic E-state index is 5.46. The number of rotatable bonds is 0. The van der Waals surface area contributed by atoms with Crippen molar-refractivity contribution in [1.29, 1.82) is 0 Å². The lowest BCUT2D eigenvalue weighted by atomic mass is 9.77. The summed E-state index contributed by atoms with van der Waals surface area (Å²) in [4.78, 5) is 2.59. The fourth-order valence-corrected chi connectivity index (χ4v) is 0.889. The Morgan fingerprint density at radius 3 is 1.64 bits per heavy atom. The van der Waals surface area contributed by atoms with Crippen molar-refractivity contribution in [3.05, 3.63) is 4.51 Å². The fourth-order valence-electron chi connectivity index (χ4n) is 0.669. The van der Waals surface area contributed by atoms with Crippen LogP contribution in [0, 0.1) is 4.51 Å². The van der Waals surface area contributed by atoms with E-state index in [1.54, 1.807) is 0 Å². The predicted molar refractivity (Wildman–Crippen MR) is 53.2 cm³/mol. The molecule has 0 unspecified atom stereocenters. The van der Waals surface area contributed by atoms with Crippen molar-refractivity contribution in [2.45, 2.75) is 0 Å². The number of hydrogen-bond donors (Lipinski definition) is 1. The van der Waals surface area contributed by atoms with Crippen molar-refractivity contribution in [2.75, 3.05) is 0 Å². The van der Waals surface area contributed by atoms with Gasteiger partial charge < -0.3 is 4.98 Å². The Bertz CT molecular complexity index is 316. The number of nitrogens with one attached hydrogen (secondary N) is 1. The molecule has 1 aromatic rings. The summed E-state index contributed by atoms with van der Waals surface area (Å²) >= 11 is 4.84. The Labute approximate surface area is 75.6 Å². The first-order chi connectivity index (χ1) is 5.04. The quantitative estimate of drug-likeness (QED) is 0.306. The first-order valence-electron chi connectivity index (χ1n) is 2.86. The van der Waals surface area contributed by atoms with Gasteiger partial charge in [-0.2, -0.15) is 0 Å². The summed E-state index contributed by atoms with van der Waals surface area (Å²) in [5.41, 5.74) is 1.04. The van der Waals surface area contributed by atoms with Crippen LogP contribution in [0.15, 0.2) is 0 Å². The molecule has 1 heterocycles. The molecule has 44 valence electrons. The van der Waals surface area contributed by atoms with E-state index in [9.17, 15) is 0 Å². The molecule has 0 aliphatic heterocycles. The van der Waals surface area contributed by atoms with Crippen LogP contribution in [0.4, 0.5) is 0 Å². The van der Waals surface area contributed by atoms with E-state index in [4.69, 9.17) is 43.6 Å². The highest BCUT2D eigenvalue weighted by Crippen LogP contribution is 1.71. The van der Waals surface area contributed by atoms with E-state index in [1.165, 1.54) is 0 Å². The molecule has 0 amide bonds. The largest absolute Gasteiger partial charge is 0.383 e. The molecular formula is C5HB4NS. The van der Waals surface area contributed by atoms with Crippen LogP contribution < -0.4 is 22.1 Å². The van der Waals surface area contributed by atoms with Gasteiger partial charge in [0.2, 0.25) is 0 Å². The number of aromatic nitrogens is 1. The molecule has 0 aromatic carbocycles. The van der Waals surface area contributed by atoms with Gasteiger partial charge in [-0.25, -0.2) is 0 Å². The zero-order valence-electron chi connectivity index (χ0n) is 5.72. The van der Waals surface area contributed by atoms with Crippen LogP contribution in [0.5, 0.6) is 0 Å². The van der Waals surface area contributed by atoms with Crippen LogP contribution in [0.25, 0.3) is 0 Å². The van der Waals surface area contributed by atoms with Gasteiger partial charge in [0.1, 0.15) is 31.4 Å². The van der Waals surface area contributed by atoms with Crippen molar-refractivity contribution in [3.63, 3.8) is 0 Å². The third kappa shape index (κ3) is 1.45. The molecule has 0 aliphatic carbocycles. The summed E-state index contributed by atoms with van der Waals surface area (Å²) < 4.78 is 0.304. The molecule has 0 atom stereocenters. The Kier molecular flexibility index (Phi) is 2.33. The van der Waals surface area contributed by atoms with Gasteiger partial charge in [0.25, 0.3) is 0 Å². The molecule has 0 saturated heterocycles. The van der Waals surface area contributed by atoms with Gasteiger partial charge in [-0.3, -0.25) is 0 Å². The van der Waals surface area contributed by atoms with Crippen molar-refractivity contribution < 1.29 is 0 Å². The summed E-state index contributed by atoms with van der Waals surface area (Å²) in [6.07, 6.45) is 0. The number of hydrogen-bond acceptors (Lipinski definition) is 1. The first kappa shape index (κ1) is 8.72. The van der Waals surface area contributed by atoms with Gasteiger partial charge in [-0.1, -0.05) is 23.1 Å². The topological polar surface area (TPSA) is 15.8 Å². The Morgan fingerprint density at radius 1 is 0.909 bits per heavy atom. The molecule has 0 saturated carbocycles. The highest BCUT2D eigenvalue weighted by Gasteiger charge is 1.98. The van der Waals surface area contributed by atoms with Crippen molar-refractivity contribution in [2.24, 2.45) is 0 Å². The molecule has 1 rings (SSSR count). The summed E-state index contributed by atoms with van der Waals surface area (Å²) in [6.45, 7) is 0. The molecule has 0 bridgehead atoms. The lowest BCUT2D eigenvalue weighted by Crippen LogP contribution is -2.44. The Balaban J connectivity index is 3.59. The van der Waals surface area contributed by atoms with Gasteiger partial charge in [0.05, 0.1) is 0 Å². The smallest absolute Gasteiger partial charge is 0.137 e. The molecule has 1 nitrogen and oxygen atoms in total. The SMILES string of the molecule is [B]c1[nH]c([B])c([B])c(=S)c1[B]. The normalized spacial score (nSPS) is 9.82. The lowest BCUT2D eigenvalue weighted by molar-refractivity contribution is 1.49. The average Bonchev–Trinajstić information content (AvgIpc) is 1.97. The molecule has 8 radical (unpaired) electrons. The fraction of sp³-hybridized carbons (Fsp3) is 0. The van der Waals surface area contributed by atoms with E-state index in [0.29, 0.717) is 4.51 Å². The van der Waals surface area contributed by atoms with Crippen molar-refractivity contribution in [1.82, 2.24) is 4.98 Å². The maximum absolute atomic E-state index is 5.46. The summed E-state index contributed by atoms with van der Waals surface area (Å²) in [7, 11) is 21.7. The van der Waals surface area contributed by atoms with E-state index in [2.05, 4.69) is 4.98 Å². The van der Waals surface area contributed by atoms with Crippen LogP contribution in [0.2, 0.25) is 0 Å². The second kappa shape index (κ2) is 2.94. The van der Waals surface area contributed by atoms with Crippen LogP contribution in [0.3, 0.4) is 0 Å². The van der Waals surface area contributed by atoms with E-state index in [1.807, 2.05) is 0 Å². The Morgan fingerprint density at radius 2 is 1.27 bits per heavy atom. The molecular weight excluding hydrogens is 149 g/mol. The summed E-state index contributed by atoms with van der Waals surface area (Å²) in [6, 6.07) is 0. The molecule has 0 aliphatic rings. The van der Waals surface area contributed by atoms with Crippen LogP contribution >= 0.6 is 12.2 Å². The van der Waals surface area contributed by atoms with E-state index >= 15 is 0 Å². The molecule has 11 heavy (non-hydrogen) atoms. The van der Waals surface area contributed by atoms with Crippen molar-refractivity contribution >= 4 is 65.7 Å². The van der Waals surface area contributed by atoms with Gasteiger partial charge in [-0.15, -0.1) is 0 Å². The number of aromatic amines is 1. The van der Waals surface area contributed by atoms with E-state index < -0.39 is 0 Å². The number of H-pyrrole nitrogens is 1. The monoisotopic (exact) mass is 151 g/mol. The van der Waals surface area contributed by atoms with Crippen molar-refractivity contribution in [3.8, 4) is 0 Å². The minimum Gasteiger partial charge on any atom is -0.383 e. The van der Waals surface area contributed by atoms with Crippen LogP contribution in [0.1, 0.15) is 0 Å². The molecule has 0 fully saturated rings. The van der Waals surface area contributed by atoms with Gasteiger partial charge in [-0.05, 0) is 11.2 Å². The highest BCUT2D eigenvalue weighted by molar-refractivity contribution is 7.72. The van der Waals surface area contributed by atoms with Gasteiger partial charge in [0, 0.05) is 4.51 Å². The third-order valence-electron chi connectivity index (χ3n) is 1.34. The molecule has 0 spiro atoms. The highest BCUT2D eigenvalue weighted by atomic mass is 32.1. The molecule has 1 N–H and O–H groups in total. The van der Waals surface area contributed by atoms with Gasteiger partial charge >= 0.3 is 0 Å². The van der Waals surface area contributed by atoms with Gasteiger partial charge in [0.15, 0.2) is 0 Å².